The van der Waals surface area contributed by atoms with Crippen LogP contribution in [0.1, 0.15) is 23.0 Å². The van der Waals surface area contributed by atoms with E-state index >= 15 is 0 Å². The Hall–Kier alpha value is -2.54. The second-order valence-corrected chi connectivity index (χ2v) is 6.04. The molecule has 7 heteroatoms. The quantitative estimate of drug-likeness (QED) is 0.721. The molecule has 3 aromatic rings. The predicted octanol–water partition coefficient (Wildman–Crippen LogP) is 1.87. The Morgan fingerprint density at radius 1 is 1.39 bits per heavy atom. The topological polar surface area (TPSA) is 69.2 Å². The van der Waals surface area contributed by atoms with E-state index in [9.17, 15) is 9.59 Å². The van der Waals surface area contributed by atoms with Crippen LogP contribution in [-0.4, -0.2) is 20.0 Å². The van der Waals surface area contributed by atoms with E-state index in [1.165, 1.54) is 11.3 Å². The van der Waals surface area contributed by atoms with Crippen molar-refractivity contribution in [2.45, 2.75) is 20.4 Å². The summed E-state index contributed by atoms with van der Waals surface area (Å²) in [5.74, 6) is -0.321. The molecule has 2 heterocycles. The third-order valence-corrected chi connectivity index (χ3v) is 4.48. The number of rotatable bonds is 2. The third-order valence-electron chi connectivity index (χ3n) is 3.63. The van der Waals surface area contributed by atoms with Crippen LogP contribution in [0.4, 0.5) is 0 Å². The molecule has 2 aromatic heterocycles. The lowest BCUT2D eigenvalue weighted by molar-refractivity contribution is 0.0998. The van der Waals surface area contributed by atoms with Gasteiger partial charge in [-0.1, -0.05) is 0 Å². The summed E-state index contributed by atoms with van der Waals surface area (Å²) in [7, 11) is 1.84. The molecule has 0 saturated carbocycles. The van der Waals surface area contributed by atoms with Crippen molar-refractivity contribution in [2.75, 3.05) is 0 Å². The molecule has 0 radical (unpaired) electrons. The fraction of sp³-hybridized carbons (Fsp3) is 0.250. The minimum Gasteiger partial charge on any atom is -0.327 e. The van der Waals surface area contributed by atoms with Gasteiger partial charge in [-0.05, 0) is 32.0 Å². The van der Waals surface area contributed by atoms with Crippen LogP contribution in [0.15, 0.2) is 39.6 Å². The lowest BCUT2D eigenvalue weighted by atomic mass is 10.1. The highest BCUT2D eigenvalue weighted by molar-refractivity contribution is 7.07. The van der Waals surface area contributed by atoms with Crippen LogP contribution in [0.5, 0.6) is 0 Å². The number of benzene rings is 1. The molecule has 0 saturated heterocycles. The number of thiazole rings is 1. The van der Waals surface area contributed by atoms with Gasteiger partial charge in [0, 0.05) is 30.7 Å². The summed E-state index contributed by atoms with van der Waals surface area (Å²) in [5, 5.41) is 1.87. The van der Waals surface area contributed by atoms with E-state index in [1.54, 1.807) is 34.3 Å². The molecule has 0 aliphatic rings. The molecule has 0 atom stereocenters. The minimum absolute atomic E-state index is 0.102. The van der Waals surface area contributed by atoms with E-state index in [2.05, 4.69) is 9.98 Å². The third kappa shape index (κ3) is 2.75. The summed E-state index contributed by atoms with van der Waals surface area (Å²) < 4.78 is 3.45. The number of fused-ring (bicyclic) bond motifs is 1. The monoisotopic (exact) mass is 328 g/mol. The Bertz CT molecular complexity index is 1030. The molecule has 23 heavy (non-hydrogen) atoms. The van der Waals surface area contributed by atoms with Gasteiger partial charge in [-0.2, -0.15) is 4.99 Å². The molecular formula is C16H16N4O2S. The molecule has 3 rings (SSSR count). The molecule has 118 valence electrons. The number of hydrogen-bond donors (Lipinski definition) is 0. The molecule has 0 aliphatic heterocycles. The second-order valence-electron chi connectivity index (χ2n) is 5.16. The van der Waals surface area contributed by atoms with E-state index in [-0.39, 0.29) is 11.5 Å². The van der Waals surface area contributed by atoms with Crippen LogP contribution in [-0.2, 0) is 13.6 Å². The molecule has 0 unspecified atom stereocenters. The van der Waals surface area contributed by atoms with E-state index in [0.717, 1.165) is 5.52 Å². The molecule has 6 nitrogen and oxygen atoms in total. The van der Waals surface area contributed by atoms with Crippen molar-refractivity contribution in [1.82, 2.24) is 14.1 Å². The molecular weight excluding hydrogens is 312 g/mol. The molecule has 0 fully saturated rings. The van der Waals surface area contributed by atoms with Crippen molar-refractivity contribution in [1.29, 1.82) is 0 Å². The Labute approximate surface area is 136 Å². The number of carbonyl (C=O) groups excluding carboxylic acids is 1. The van der Waals surface area contributed by atoms with Gasteiger partial charge < -0.3 is 9.13 Å². The first-order valence-electron chi connectivity index (χ1n) is 7.21. The number of aromatic nitrogens is 3. The summed E-state index contributed by atoms with van der Waals surface area (Å²) in [5.41, 5.74) is 2.13. The van der Waals surface area contributed by atoms with Gasteiger partial charge in [0.05, 0.1) is 11.0 Å². The Kier molecular flexibility index (Phi) is 3.96. The van der Waals surface area contributed by atoms with Gasteiger partial charge in [-0.25, -0.2) is 4.98 Å². The maximum atomic E-state index is 12.3. The van der Waals surface area contributed by atoms with Crippen LogP contribution < -0.4 is 10.4 Å². The van der Waals surface area contributed by atoms with Gasteiger partial charge in [-0.15, -0.1) is 11.3 Å². The zero-order chi connectivity index (χ0) is 16.6. The van der Waals surface area contributed by atoms with E-state index in [0.29, 0.717) is 28.1 Å². The van der Waals surface area contributed by atoms with E-state index < -0.39 is 0 Å². The predicted molar refractivity (Wildman–Crippen MR) is 89.6 cm³/mol. The Morgan fingerprint density at radius 3 is 2.83 bits per heavy atom. The van der Waals surface area contributed by atoms with Gasteiger partial charge in [-0.3, -0.25) is 9.59 Å². The number of nitrogens with zero attached hydrogens (tertiary/aromatic N) is 4. The van der Waals surface area contributed by atoms with Crippen molar-refractivity contribution in [2.24, 2.45) is 12.0 Å². The first-order chi connectivity index (χ1) is 11.0. The minimum atomic E-state index is -0.321. The van der Waals surface area contributed by atoms with Crippen LogP contribution >= 0.6 is 11.3 Å². The molecule has 0 N–H and O–H groups in total. The van der Waals surface area contributed by atoms with E-state index in [1.807, 2.05) is 25.5 Å². The van der Waals surface area contributed by atoms with Crippen LogP contribution in [0, 0.1) is 6.92 Å². The second kappa shape index (κ2) is 5.92. The molecule has 0 bridgehead atoms. The van der Waals surface area contributed by atoms with Crippen molar-refractivity contribution in [3.05, 3.63) is 56.2 Å². The zero-order valence-corrected chi connectivity index (χ0v) is 13.9. The van der Waals surface area contributed by atoms with E-state index in [4.69, 9.17) is 0 Å². The largest absolute Gasteiger partial charge is 0.327 e. The Balaban J connectivity index is 2.14. The average molecular weight is 328 g/mol. The molecule has 1 aromatic carbocycles. The smallest absolute Gasteiger partial charge is 0.279 e. The molecule has 1 amide bonds. The summed E-state index contributed by atoms with van der Waals surface area (Å²) >= 11 is 1.40. The van der Waals surface area contributed by atoms with Gasteiger partial charge in [0.15, 0.2) is 4.80 Å². The van der Waals surface area contributed by atoms with Crippen molar-refractivity contribution in [3.8, 4) is 0 Å². The Morgan fingerprint density at radius 2 is 2.17 bits per heavy atom. The fourth-order valence-electron chi connectivity index (χ4n) is 2.41. The van der Waals surface area contributed by atoms with Gasteiger partial charge in [0.2, 0.25) is 0 Å². The number of amides is 1. The van der Waals surface area contributed by atoms with Crippen molar-refractivity contribution >= 4 is 28.3 Å². The lowest BCUT2D eigenvalue weighted by Crippen LogP contribution is -2.23. The summed E-state index contributed by atoms with van der Waals surface area (Å²) in [6.07, 6.45) is 1.85. The first kappa shape index (κ1) is 15.4. The number of carbonyl (C=O) groups is 1. The SMILES string of the molecule is CCn1c(=O)c(C)nc2cc(C(=O)N=c3sccn3C)ccc21. The summed E-state index contributed by atoms with van der Waals surface area (Å²) in [6.45, 7) is 4.14. The van der Waals surface area contributed by atoms with Crippen LogP contribution in [0.25, 0.3) is 11.0 Å². The molecule has 0 aliphatic carbocycles. The van der Waals surface area contributed by atoms with Gasteiger partial charge in [0.25, 0.3) is 11.5 Å². The van der Waals surface area contributed by atoms with Gasteiger partial charge >= 0.3 is 0 Å². The highest BCUT2D eigenvalue weighted by Gasteiger charge is 2.11. The number of hydrogen-bond acceptors (Lipinski definition) is 4. The van der Waals surface area contributed by atoms with Crippen molar-refractivity contribution < 1.29 is 4.79 Å². The number of aryl methyl sites for hydroxylation is 3. The maximum absolute atomic E-state index is 12.3. The zero-order valence-electron chi connectivity index (χ0n) is 13.1. The van der Waals surface area contributed by atoms with Crippen LogP contribution in [0.3, 0.4) is 0 Å². The standard InChI is InChI=1S/C16H16N4O2S/c1-4-20-13-6-5-11(9-12(13)17-10(2)15(20)22)14(21)18-16-19(3)7-8-23-16/h5-9H,4H2,1-3H3. The van der Waals surface area contributed by atoms with Gasteiger partial charge in [0.1, 0.15) is 5.69 Å². The first-order valence-corrected chi connectivity index (χ1v) is 8.09. The maximum Gasteiger partial charge on any atom is 0.279 e. The van der Waals surface area contributed by atoms with Crippen molar-refractivity contribution in [3.63, 3.8) is 0 Å². The van der Waals surface area contributed by atoms with Crippen LogP contribution in [0.2, 0.25) is 0 Å². The molecule has 0 spiro atoms. The summed E-state index contributed by atoms with van der Waals surface area (Å²) in [4.78, 5) is 33.5. The fourth-order valence-corrected chi connectivity index (χ4v) is 3.14. The normalized spacial score (nSPS) is 12.0. The average Bonchev–Trinajstić information content (AvgIpc) is 2.93. The highest BCUT2D eigenvalue weighted by Crippen LogP contribution is 2.14. The highest BCUT2D eigenvalue weighted by atomic mass is 32.1. The summed E-state index contributed by atoms with van der Waals surface area (Å²) in [6, 6.07) is 5.13. The lowest BCUT2D eigenvalue weighted by Gasteiger charge is -2.09.